The zero-order valence-electron chi connectivity index (χ0n) is 11.6. The van der Waals surface area contributed by atoms with Crippen molar-refractivity contribution < 1.29 is 9.59 Å². The number of nitrogens with two attached hydrogens (primary N) is 3. The number of para-hydroxylation sites is 1. The molecule has 0 aliphatic heterocycles. The van der Waals surface area contributed by atoms with Crippen molar-refractivity contribution in [2.45, 2.75) is 0 Å². The second-order valence-corrected chi connectivity index (χ2v) is 4.47. The summed E-state index contributed by atoms with van der Waals surface area (Å²) in [5.74, 6) is -0.529. The Labute approximate surface area is 126 Å². The number of nitrogens with one attached hydrogen (secondary N) is 3. The molecule has 9 N–H and O–H groups in total. The third-order valence-electron chi connectivity index (χ3n) is 2.82. The van der Waals surface area contributed by atoms with Crippen LogP contribution in [0.1, 0.15) is 10.4 Å². The van der Waals surface area contributed by atoms with Gasteiger partial charge in [0, 0.05) is 11.4 Å². The highest BCUT2D eigenvalue weighted by molar-refractivity contribution is 6.01. The lowest BCUT2D eigenvalue weighted by Crippen LogP contribution is -2.44. The minimum absolute atomic E-state index is 0.259. The van der Waals surface area contributed by atoms with Crippen molar-refractivity contribution in [3.8, 4) is 0 Å². The fourth-order valence-corrected chi connectivity index (χ4v) is 1.73. The van der Waals surface area contributed by atoms with E-state index in [9.17, 15) is 9.59 Å². The third-order valence-corrected chi connectivity index (χ3v) is 2.82. The van der Waals surface area contributed by atoms with Crippen molar-refractivity contribution in [1.29, 1.82) is 0 Å². The largest absolute Gasteiger partial charge is 0.399 e. The first-order chi connectivity index (χ1) is 10.5. The number of hydrazine groups is 1. The van der Waals surface area contributed by atoms with Gasteiger partial charge >= 0.3 is 6.03 Å². The third kappa shape index (κ3) is 3.57. The highest BCUT2D eigenvalue weighted by Gasteiger charge is 2.10. The van der Waals surface area contributed by atoms with Crippen LogP contribution in [-0.2, 0) is 0 Å². The molecular formula is C14H16N6O2. The Hall–Kier alpha value is -3.42. The molecule has 2 rings (SSSR count). The first-order valence-electron chi connectivity index (χ1n) is 6.34. The van der Waals surface area contributed by atoms with E-state index in [0.29, 0.717) is 22.7 Å². The summed E-state index contributed by atoms with van der Waals surface area (Å²) < 4.78 is 0. The van der Waals surface area contributed by atoms with Crippen molar-refractivity contribution >= 4 is 34.7 Å². The van der Waals surface area contributed by atoms with E-state index in [1.165, 1.54) is 6.07 Å². The van der Waals surface area contributed by atoms with Crippen molar-refractivity contribution in [1.82, 2.24) is 10.9 Å². The molecule has 2 aromatic rings. The zero-order chi connectivity index (χ0) is 16.1. The summed E-state index contributed by atoms with van der Waals surface area (Å²) in [6.45, 7) is 0. The highest BCUT2D eigenvalue weighted by atomic mass is 16.2. The average Bonchev–Trinajstić information content (AvgIpc) is 2.48. The second-order valence-electron chi connectivity index (χ2n) is 4.47. The standard InChI is InChI=1S/C14H16N6O2/c15-8-5-6-12(11(17)7-8)18-14(22)20-19-13(21)9-3-1-2-4-10(9)16/h1-7H,15-17H2,(H,19,21)(H2,18,20,22). The minimum atomic E-state index is -0.653. The quantitative estimate of drug-likeness (QED) is 0.360. The molecule has 0 unspecified atom stereocenters. The van der Waals surface area contributed by atoms with Gasteiger partial charge in [-0.2, -0.15) is 0 Å². The summed E-state index contributed by atoms with van der Waals surface area (Å²) in [4.78, 5) is 23.6. The maximum Gasteiger partial charge on any atom is 0.337 e. The molecule has 0 aromatic heterocycles. The van der Waals surface area contributed by atoms with Crippen LogP contribution in [0.15, 0.2) is 42.5 Å². The lowest BCUT2D eigenvalue weighted by atomic mass is 10.2. The summed E-state index contributed by atoms with van der Waals surface area (Å²) in [5, 5.41) is 2.48. The lowest BCUT2D eigenvalue weighted by Gasteiger charge is -2.11. The Morgan fingerprint density at radius 3 is 2.27 bits per heavy atom. The molecule has 0 spiro atoms. The molecule has 22 heavy (non-hydrogen) atoms. The monoisotopic (exact) mass is 300 g/mol. The van der Waals surface area contributed by atoms with Crippen molar-refractivity contribution in [2.24, 2.45) is 0 Å². The van der Waals surface area contributed by atoms with Gasteiger partial charge in [-0.05, 0) is 30.3 Å². The van der Waals surface area contributed by atoms with Crippen molar-refractivity contribution in [3.63, 3.8) is 0 Å². The van der Waals surface area contributed by atoms with Crippen LogP contribution < -0.4 is 33.4 Å². The molecule has 8 heteroatoms. The number of anilines is 4. The van der Waals surface area contributed by atoms with Crippen LogP contribution in [0.2, 0.25) is 0 Å². The van der Waals surface area contributed by atoms with Crippen LogP contribution >= 0.6 is 0 Å². The number of nitrogen functional groups attached to an aromatic ring is 3. The van der Waals surface area contributed by atoms with Crippen LogP contribution in [0.4, 0.5) is 27.5 Å². The van der Waals surface area contributed by atoms with E-state index in [0.717, 1.165) is 0 Å². The molecule has 0 radical (unpaired) electrons. The molecule has 0 bridgehead atoms. The van der Waals surface area contributed by atoms with E-state index in [2.05, 4.69) is 16.2 Å². The molecule has 0 saturated carbocycles. The number of carbonyl (C=O) groups is 2. The summed E-state index contributed by atoms with van der Waals surface area (Å²) >= 11 is 0. The molecule has 0 aliphatic carbocycles. The summed E-state index contributed by atoms with van der Waals surface area (Å²) in [5.41, 5.74) is 23.1. The van der Waals surface area contributed by atoms with Gasteiger partial charge < -0.3 is 22.5 Å². The number of amides is 3. The van der Waals surface area contributed by atoms with E-state index >= 15 is 0 Å². The highest BCUT2D eigenvalue weighted by Crippen LogP contribution is 2.20. The molecule has 3 amide bonds. The fourth-order valence-electron chi connectivity index (χ4n) is 1.73. The molecule has 114 valence electrons. The van der Waals surface area contributed by atoms with E-state index in [4.69, 9.17) is 17.2 Å². The topological polar surface area (TPSA) is 148 Å². The van der Waals surface area contributed by atoms with Gasteiger partial charge in [0.05, 0.1) is 16.9 Å². The van der Waals surface area contributed by atoms with Crippen LogP contribution in [0.25, 0.3) is 0 Å². The fraction of sp³-hybridized carbons (Fsp3) is 0. The summed E-state index contributed by atoms with van der Waals surface area (Å²) in [6, 6.07) is 10.5. The predicted octanol–water partition coefficient (Wildman–Crippen LogP) is 0.900. The van der Waals surface area contributed by atoms with E-state index in [1.54, 1.807) is 36.4 Å². The number of hydrogen-bond donors (Lipinski definition) is 6. The van der Waals surface area contributed by atoms with Gasteiger partial charge in [0.2, 0.25) is 0 Å². The maximum absolute atomic E-state index is 11.9. The Morgan fingerprint density at radius 1 is 0.864 bits per heavy atom. The van der Waals surface area contributed by atoms with Crippen molar-refractivity contribution in [3.05, 3.63) is 48.0 Å². The first-order valence-corrected chi connectivity index (χ1v) is 6.34. The Bertz CT molecular complexity index is 716. The number of carbonyl (C=O) groups excluding carboxylic acids is 2. The van der Waals surface area contributed by atoms with E-state index < -0.39 is 11.9 Å². The lowest BCUT2D eigenvalue weighted by molar-refractivity contribution is 0.0939. The molecule has 0 fully saturated rings. The number of rotatable bonds is 2. The Morgan fingerprint density at radius 2 is 1.59 bits per heavy atom. The van der Waals surface area contributed by atoms with Gasteiger partial charge in [-0.25, -0.2) is 10.2 Å². The van der Waals surface area contributed by atoms with Crippen LogP contribution in [0, 0.1) is 0 Å². The van der Waals surface area contributed by atoms with Gasteiger partial charge in [0.1, 0.15) is 0 Å². The van der Waals surface area contributed by atoms with Crippen LogP contribution in [-0.4, -0.2) is 11.9 Å². The number of benzene rings is 2. The van der Waals surface area contributed by atoms with Gasteiger partial charge in [-0.3, -0.25) is 10.2 Å². The molecule has 2 aromatic carbocycles. The average molecular weight is 300 g/mol. The van der Waals surface area contributed by atoms with Crippen molar-refractivity contribution in [2.75, 3.05) is 22.5 Å². The molecule has 0 aliphatic rings. The molecule has 0 saturated heterocycles. The van der Waals surface area contributed by atoms with Gasteiger partial charge in [-0.15, -0.1) is 0 Å². The number of hydrogen-bond acceptors (Lipinski definition) is 5. The number of urea groups is 1. The summed E-state index contributed by atoms with van der Waals surface area (Å²) in [6.07, 6.45) is 0. The molecule has 8 nitrogen and oxygen atoms in total. The maximum atomic E-state index is 11.9. The molecule has 0 heterocycles. The predicted molar refractivity (Wildman–Crippen MR) is 85.7 cm³/mol. The van der Waals surface area contributed by atoms with Gasteiger partial charge in [0.25, 0.3) is 5.91 Å². The normalized spacial score (nSPS) is 9.82. The Kier molecular flexibility index (Phi) is 4.33. The van der Waals surface area contributed by atoms with Gasteiger partial charge in [-0.1, -0.05) is 12.1 Å². The smallest absolute Gasteiger partial charge is 0.337 e. The molecule has 0 atom stereocenters. The van der Waals surface area contributed by atoms with Gasteiger partial charge in [0.15, 0.2) is 0 Å². The van der Waals surface area contributed by atoms with E-state index in [-0.39, 0.29) is 5.56 Å². The first kappa shape index (κ1) is 15.0. The van der Waals surface area contributed by atoms with Crippen LogP contribution in [0.5, 0.6) is 0 Å². The summed E-state index contributed by atoms with van der Waals surface area (Å²) in [7, 11) is 0. The molecular weight excluding hydrogens is 284 g/mol. The van der Waals surface area contributed by atoms with Crippen LogP contribution in [0.3, 0.4) is 0 Å². The second kappa shape index (κ2) is 6.35. The zero-order valence-corrected chi connectivity index (χ0v) is 11.6. The van der Waals surface area contributed by atoms with E-state index in [1.807, 2.05) is 0 Å². The minimum Gasteiger partial charge on any atom is -0.399 e. The Balaban J connectivity index is 1.93. The SMILES string of the molecule is Nc1ccc(NC(=O)NNC(=O)c2ccccc2N)c(N)c1.